The van der Waals surface area contributed by atoms with Crippen molar-refractivity contribution in [2.24, 2.45) is 5.92 Å². The van der Waals surface area contributed by atoms with Crippen LogP contribution in [0.3, 0.4) is 0 Å². The number of benzene rings is 1. The lowest BCUT2D eigenvalue weighted by atomic mass is 9.87. The number of hydrogen-bond acceptors (Lipinski definition) is 5. The summed E-state index contributed by atoms with van der Waals surface area (Å²) >= 11 is 1.39. The average molecular weight is 390 g/mol. The Labute approximate surface area is 163 Å². The van der Waals surface area contributed by atoms with E-state index < -0.39 is 6.04 Å². The summed E-state index contributed by atoms with van der Waals surface area (Å²) in [7, 11) is 0. The summed E-state index contributed by atoms with van der Waals surface area (Å²) < 4.78 is 6.44. The van der Waals surface area contributed by atoms with Crippen molar-refractivity contribution in [3.8, 4) is 5.75 Å². The molecular weight excluding hydrogens is 362 g/mol. The molecule has 3 rings (SSSR count). The van der Waals surface area contributed by atoms with Crippen molar-refractivity contribution < 1.29 is 14.3 Å². The zero-order valence-corrected chi connectivity index (χ0v) is 16.7. The zero-order chi connectivity index (χ0) is 19.2. The summed E-state index contributed by atoms with van der Waals surface area (Å²) in [4.78, 5) is 29.0. The number of rotatable bonds is 7. The molecule has 0 aliphatic heterocycles. The van der Waals surface area contributed by atoms with Gasteiger partial charge < -0.3 is 15.4 Å². The number of hydrogen-bond donors (Lipinski definition) is 2. The Bertz CT molecular complexity index is 799. The van der Waals surface area contributed by atoms with E-state index in [0.29, 0.717) is 24.1 Å². The maximum Gasteiger partial charge on any atom is 0.248 e. The SMILES string of the molecule is CCOc1ccc2nc(NC(=O)C(C)NC(=O)CC3CCCCC3)sc2c1. The third kappa shape index (κ3) is 5.42. The second kappa shape index (κ2) is 9.17. The normalized spacial score (nSPS) is 16.1. The lowest BCUT2D eigenvalue weighted by Crippen LogP contribution is -2.42. The van der Waals surface area contributed by atoms with Crippen LogP contribution in [-0.2, 0) is 9.59 Å². The first-order valence-electron chi connectivity index (χ1n) is 9.68. The maximum absolute atomic E-state index is 12.4. The van der Waals surface area contributed by atoms with Gasteiger partial charge in [-0.2, -0.15) is 0 Å². The summed E-state index contributed by atoms with van der Waals surface area (Å²) in [5.74, 6) is 0.943. The molecule has 7 heteroatoms. The fraction of sp³-hybridized carbons (Fsp3) is 0.550. The Hall–Kier alpha value is -2.15. The van der Waals surface area contributed by atoms with Crippen LogP contribution >= 0.6 is 11.3 Å². The summed E-state index contributed by atoms with van der Waals surface area (Å²) in [5.41, 5.74) is 0.813. The molecule has 1 aromatic heterocycles. The Morgan fingerprint density at radius 1 is 1.30 bits per heavy atom. The number of fused-ring (bicyclic) bond motifs is 1. The molecule has 2 N–H and O–H groups in total. The van der Waals surface area contributed by atoms with Crippen molar-refractivity contribution >= 4 is 38.5 Å². The van der Waals surface area contributed by atoms with Gasteiger partial charge in [-0.05, 0) is 50.8 Å². The Balaban J connectivity index is 1.54. The highest BCUT2D eigenvalue weighted by molar-refractivity contribution is 7.22. The van der Waals surface area contributed by atoms with Crippen molar-refractivity contribution in [2.75, 3.05) is 11.9 Å². The van der Waals surface area contributed by atoms with Gasteiger partial charge in [0.1, 0.15) is 11.8 Å². The molecule has 1 saturated carbocycles. The van der Waals surface area contributed by atoms with Crippen LogP contribution in [0.15, 0.2) is 18.2 Å². The van der Waals surface area contributed by atoms with Crippen LogP contribution in [-0.4, -0.2) is 29.4 Å². The lowest BCUT2D eigenvalue weighted by Gasteiger charge is -2.21. The highest BCUT2D eigenvalue weighted by Gasteiger charge is 2.21. The number of nitrogens with one attached hydrogen (secondary N) is 2. The first-order valence-corrected chi connectivity index (χ1v) is 10.5. The van der Waals surface area contributed by atoms with Crippen LogP contribution in [0, 0.1) is 5.92 Å². The molecule has 1 aliphatic carbocycles. The van der Waals surface area contributed by atoms with Crippen molar-refractivity contribution in [1.29, 1.82) is 0 Å². The van der Waals surface area contributed by atoms with Crippen LogP contribution < -0.4 is 15.4 Å². The minimum Gasteiger partial charge on any atom is -0.494 e. The molecule has 0 radical (unpaired) electrons. The van der Waals surface area contributed by atoms with Gasteiger partial charge in [0.2, 0.25) is 11.8 Å². The average Bonchev–Trinajstić information content (AvgIpc) is 3.04. The molecule has 0 saturated heterocycles. The first kappa shape index (κ1) is 19.6. The Morgan fingerprint density at radius 3 is 2.81 bits per heavy atom. The van der Waals surface area contributed by atoms with Crippen LogP contribution in [0.1, 0.15) is 52.4 Å². The van der Waals surface area contributed by atoms with Crippen molar-refractivity contribution in [2.45, 2.75) is 58.4 Å². The second-order valence-electron chi connectivity index (χ2n) is 7.07. The van der Waals surface area contributed by atoms with E-state index in [9.17, 15) is 9.59 Å². The summed E-state index contributed by atoms with van der Waals surface area (Å²) in [6.45, 7) is 4.24. The number of aromatic nitrogens is 1. The molecule has 1 fully saturated rings. The topological polar surface area (TPSA) is 80.3 Å². The van der Waals surface area contributed by atoms with Crippen molar-refractivity contribution in [3.05, 3.63) is 18.2 Å². The number of thiazole rings is 1. The van der Waals surface area contributed by atoms with Gasteiger partial charge in [0.25, 0.3) is 0 Å². The number of carbonyl (C=O) groups is 2. The van der Waals surface area contributed by atoms with Gasteiger partial charge in [-0.25, -0.2) is 4.98 Å². The quantitative estimate of drug-likeness (QED) is 0.747. The molecule has 1 unspecified atom stereocenters. The van der Waals surface area contributed by atoms with E-state index in [4.69, 9.17) is 4.74 Å². The van der Waals surface area contributed by atoms with Gasteiger partial charge >= 0.3 is 0 Å². The molecule has 6 nitrogen and oxygen atoms in total. The summed E-state index contributed by atoms with van der Waals surface area (Å²) in [5, 5.41) is 6.14. The molecule has 146 valence electrons. The fourth-order valence-electron chi connectivity index (χ4n) is 3.45. The molecular formula is C20H27N3O3S. The van der Waals surface area contributed by atoms with Crippen LogP contribution in [0.25, 0.3) is 10.2 Å². The standard InChI is InChI=1S/C20H27N3O3S/c1-3-26-15-9-10-16-17(12-15)27-20(22-16)23-19(25)13(2)21-18(24)11-14-7-5-4-6-8-14/h9-10,12-14H,3-8,11H2,1-2H3,(H,21,24)(H,22,23,25). The fourth-order valence-corrected chi connectivity index (χ4v) is 4.35. The zero-order valence-electron chi connectivity index (χ0n) is 15.9. The molecule has 2 amide bonds. The number of nitrogens with zero attached hydrogens (tertiary/aromatic N) is 1. The largest absolute Gasteiger partial charge is 0.494 e. The number of carbonyl (C=O) groups excluding carboxylic acids is 2. The molecule has 0 spiro atoms. The van der Waals surface area contributed by atoms with E-state index in [1.165, 1.54) is 30.6 Å². The molecule has 1 heterocycles. The maximum atomic E-state index is 12.4. The smallest absolute Gasteiger partial charge is 0.248 e. The minimum atomic E-state index is -0.591. The van der Waals surface area contributed by atoms with Gasteiger partial charge in [0.15, 0.2) is 5.13 Å². The van der Waals surface area contributed by atoms with E-state index in [-0.39, 0.29) is 11.8 Å². The third-order valence-corrected chi connectivity index (χ3v) is 5.80. The predicted molar refractivity (Wildman–Crippen MR) is 108 cm³/mol. The first-order chi connectivity index (χ1) is 13.0. The van der Waals surface area contributed by atoms with Gasteiger partial charge in [0.05, 0.1) is 16.8 Å². The van der Waals surface area contributed by atoms with E-state index >= 15 is 0 Å². The molecule has 2 aromatic rings. The van der Waals surface area contributed by atoms with Gasteiger partial charge in [-0.15, -0.1) is 0 Å². The third-order valence-electron chi connectivity index (χ3n) is 4.87. The predicted octanol–water partition coefficient (Wildman–Crippen LogP) is 4.11. The molecule has 27 heavy (non-hydrogen) atoms. The van der Waals surface area contributed by atoms with Crippen LogP contribution in [0.2, 0.25) is 0 Å². The van der Waals surface area contributed by atoms with E-state index in [1.807, 2.05) is 25.1 Å². The lowest BCUT2D eigenvalue weighted by molar-refractivity contribution is -0.126. The Morgan fingerprint density at radius 2 is 2.07 bits per heavy atom. The van der Waals surface area contributed by atoms with Crippen LogP contribution in [0.4, 0.5) is 5.13 Å². The van der Waals surface area contributed by atoms with Gasteiger partial charge in [0, 0.05) is 6.42 Å². The van der Waals surface area contributed by atoms with Crippen molar-refractivity contribution in [1.82, 2.24) is 10.3 Å². The monoisotopic (exact) mass is 389 g/mol. The number of ether oxygens (including phenoxy) is 1. The van der Waals surface area contributed by atoms with Gasteiger partial charge in [-0.1, -0.05) is 30.6 Å². The summed E-state index contributed by atoms with van der Waals surface area (Å²) in [6, 6.07) is 5.07. The van der Waals surface area contributed by atoms with E-state index in [1.54, 1.807) is 6.92 Å². The number of anilines is 1. The molecule has 1 aromatic carbocycles. The Kier molecular flexibility index (Phi) is 6.66. The van der Waals surface area contributed by atoms with Crippen LogP contribution in [0.5, 0.6) is 5.75 Å². The van der Waals surface area contributed by atoms with E-state index in [0.717, 1.165) is 28.8 Å². The highest BCUT2D eigenvalue weighted by Crippen LogP contribution is 2.29. The number of amides is 2. The molecule has 1 atom stereocenters. The second-order valence-corrected chi connectivity index (χ2v) is 8.10. The van der Waals surface area contributed by atoms with Crippen molar-refractivity contribution in [3.63, 3.8) is 0 Å². The summed E-state index contributed by atoms with van der Waals surface area (Å²) in [6.07, 6.45) is 6.42. The minimum absolute atomic E-state index is 0.0461. The highest BCUT2D eigenvalue weighted by atomic mass is 32.1. The van der Waals surface area contributed by atoms with Gasteiger partial charge in [-0.3, -0.25) is 9.59 Å². The molecule has 0 bridgehead atoms. The molecule has 1 aliphatic rings. The van der Waals surface area contributed by atoms with E-state index in [2.05, 4.69) is 15.6 Å².